The van der Waals surface area contributed by atoms with Gasteiger partial charge in [0.1, 0.15) is 24.4 Å². The van der Waals surface area contributed by atoms with E-state index < -0.39 is 29.5 Å². The van der Waals surface area contributed by atoms with Crippen LogP contribution in [-0.4, -0.2) is 69.9 Å². The van der Waals surface area contributed by atoms with Gasteiger partial charge in [0, 0.05) is 32.0 Å². The van der Waals surface area contributed by atoms with Crippen LogP contribution in [0, 0.1) is 12.3 Å². The van der Waals surface area contributed by atoms with Gasteiger partial charge >= 0.3 is 0 Å². The molecule has 3 rings (SSSR count). The summed E-state index contributed by atoms with van der Waals surface area (Å²) in [7, 11) is 0. The fraction of sp³-hybridized carbons (Fsp3) is 0.538. The van der Waals surface area contributed by atoms with Crippen LogP contribution in [0.5, 0.6) is 5.75 Å². The van der Waals surface area contributed by atoms with Crippen LogP contribution < -0.4 is 15.4 Å². The van der Waals surface area contributed by atoms with Crippen molar-refractivity contribution >= 4 is 40.7 Å². The topological polar surface area (TPSA) is 121 Å². The second kappa shape index (κ2) is 12.2. The molecule has 2 aromatic rings. The van der Waals surface area contributed by atoms with Crippen LogP contribution in [0.1, 0.15) is 45.4 Å². The Labute approximate surface area is 226 Å². The lowest BCUT2D eigenvalue weighted by molar-refractivity contribution is -0.143. The molecule has 0 spiro atoms. The van der Waals surface area contributed by atoms with Crippen molar-refractivity contribution in [3.8, 4) is 16.2 Å². The van der Waals surface area contributed by atoms with Crippen molar-refractivity contribution in [1.29, 1.82) is 0 Å². The first-order valence-electron chi connectivity index (χ1n) is 12.2. The van der Waals surface area contributed by atoms with Crippen LogP contribution >= 0.6 is 22.9 Å². The number of thiazole rings is 1. The molecule has 11 heteroatoms. The summed E-state index contributed by atoms with van der Waals surface area (Å²) < 4.78 is 5.86. The summed E-state index contributed by atoms with van der Waals surface area (Å²) in [4.78, 5) is 45.1. The van der Waals surface area contributed by atoms with Gasteiger partial charge in [-0.25, -0.2) is 4.98 Å². The van der Waals surface area contributed by atoms with Crippen molar-refractivity contribution in [1.82, 2.24) is 20.5 Å². The molecule has 0 bridgehead atoms. The first kappa shape index (κ1) is 28.9. The fourth-order valence-electron chi connectivity index (χ4n) is 4.33. The second-order valence-corrected chi connectivity index (χ2v) is 11.5. The monoisotopic (exact) mass is 550 g/mol. The predicted octanol–water partition coefficient (Wildman–Crippen LogP) is 2.86. The molecular formula is C26H35ClN4O5S. The number of hydrogen-bond acceptors (Lipinski definition) is 7. The number of halogens is 1. The van der Waals surface area contributed by atoms with E-state index in [0.717, 1.165) is 21.7 Å². The Balaban J connectivity index is 1.77. The molecule has 37 heavy (non-hydrogen) atoms. The third kappa shape index (κ3) is 7.21. The first-order valence-corrected chi connectivity index (χ1v) is 13.6. The summed E-state index contributed by atoms with van der Waals surface area (Å²) in [6.07, 6.45) is -0.713. The quantitative estimate of drug-likeness (QED) is 0.413. The van der Waals surface area contributed by atoms with Crippen LogP contribution in [0.25, 0.3) is 10.4 Å². The Morgan fingerprint density at radius 2 is 2.05 bits per heavy atom. The van der Waals surface area contributed by atoms with Crippen molar-refractivity contribution < 1.29 is 24.2 Å². The van der Waals surface area contributed by atoms with E-state index in [1.165, 1.54) is 23.2 Å². The molecular weight excluding hydrogens is 516 g/mol. The maximum absolute atomic E-state index is 13.4. The van der Waals surface area contributed by atoms with Gasteiger partial charge in [-0.2, -0.15) is 0 Å². The number of nitrogens with zero attached hydrogens (tertiary/aromatic N) is 2. The summed E-state index contributed by atoms with van der Waals surface area (Å²) in [6, 6.07) is 4.06. The molecule has 1 saturated heterocycles. The van der Waals surface area contributed by atoms with Gasteiger partial charge in [-0.05, 0) is 24.0 Å². The summed E-state index contributed by atoms with van der Waals surface area (Å²) in [5.41, 5.74) is 3.85. The van der Waals surface area contributed by atoms with E-state index in [-0.39, 0.29) is 31.3 Å². The number of likely N-dealkylation sites (tertiary alicyclic amines) is 1. The highest BCUT2D eigenvalue weighted by Gasteiger charge is 2.44. The second-order valence-electron chi connectivity index (χ2n) is 10.2. The minimum atomic E-state index is -0.854. The third-order valence-corrected chi connectivity index (χ3v) is 7.32. The highest BCUT2D eigenvalue weighted by Crippen LogP contribution is 2.32. The molecule has 3 N–H and O–H groups in total. The number of aryl methyl sites for hydroxylation is 1. The number of hydrogen-bond donors (Lipinski definition) is 3. The molecule has 0 saturated carbocycles. The Bertz CT molecular complexity index is 1130. The zero-order chi connectivity index (χ0) is 27.3. The van der Waals surface area contributed by atoms with Crippen molar-refractivity contribution in [2.75, 3.05) is 19.0 Å². The van der Waals surface area contributed by atoms with Gasteiger partial charge < -0.3 is 25.4 Å². The van der Waals surface area contributed by atoms with Crippen molar-refractivity contribution in [3.63, 3.8) is 0 Å². The van der Waals surface area contributed by atoms with Crippen LogP contribution in [0.3, 0.4) is 0 Å². The van der Waals surface area contributed by atoms with Gasteiger partial charge in [-0.3, -0.25) is 14.4 Å². The molecule has 3 atom stereocenters. The van der Waals surface area contributed by atoms with Crippen LogP contribution in [0.15, 0.2) is 23.7 Å². The molecule has 1 aliphatic heterocycles. The van der Waals surface area contributed by atoms with Gasteiger partial charge in [0.25, 0.3) is 0 Å². The van der Waals surface area contributed by atoms with Gasteiger partial charge in [-0.1, -0.05) is 32.9 Å². The Hall–Kier alpha value is -2.69. The molecule has 1 aliphatic rings. The number of benzene rings is 1. The zero-order valence-corrected chi connectivity index (χ0v) is 23.4. The number of aromatic nitrogens is 1. The molecule has 3 amide bonds. The maximum Gasteiger partial charge on any atom is 0.246 e. The molecule has 9 nitrogen and oxygen atoms in total. The Morgan fingerprint density at radius 3 is 2.65 bits per heavy atom. The minimum Gasteiger partial charge on any atom is -0.492 e. The van der Waals surface area contributed by atoms with Gasteiger partial charge in [0.05, 0.1) is 28.1 Å². The van der Waals surface area contributed by atoms with E-state index in [1.54, 1.807) is 5.51 Å². The lowest BCUT2D eigenvalue weighted by Gasteiger charge is -2.35. The number of aliphatic hydroxyl groups is 1. The van der Waals surface area contributed by atoms with Gasteiger partial charge in [0.2, 0.25) is 17.7 Å². The van der Waals surface area contributed by atoms with Crippen LogP contribution in [0.2, 0.25) is 0 Å². The molecule has 0 radical (unpaired) electrons. The van der Waals surface area contributed by atoms with E-state index in [9.17, 15) is 19.5 Å². The standard InChI is InChI=1S/C26H35ClN4O5S/c1-15-22(37-14-29-15)17-6-7-18(21(10-17)36-9-8-27)12-28-24(34)20-11-19(33)13-31(20)25(35)23(26(3,4)5)30-16(2)32/h6-7,10,14,19-20,23,33H,8-9,11-13H2,1-5H3,(H,28,34)(H,30,32)/t19-,20+,23-/m1/s1. The number of rotatable bonds is 9. The Kier molecular flexibility index (Phi) is 9.55. The molecule has 2 heterocycles. The lowest BCUT2D eigenvalue weighted by Crippen LogP contribution is -2.57. The summed E-state index contributed by atoms with van der Waals surface area (Å²) >= 11 is 7.38. The predicted molar refractivity (Wildman–Crippen MR) is 144 cm³/mol. The molecule has 202 valence electrons. The first-order chi connectivity index (χ1) is 17.4. The van der Waals surface area contributed by atoms with E-state index in [1.807, 2.05) is 45.9 Å². The highest BCUT2D eigenvalue weighted by molar-refractivity contribution is 7.13. The van der Waals surface area contributed by atoms with Crippen molar-refractivity contribution in [2.45, 2.75) is 65.8 Å². The van der Waals surface area contributed by atoms with E-state index in [2.05, 4.69) is 15.6 Å². The number of amides is 3. The SMILES string of the molecule is CC(=O)N[C@H](C(=O)N1C[C@H](O)C[C@H]1C(=O)NCc1ccc(-c2scnc2C)cc1OCCCl)C(C)(C)C. The third-order valence-electron chi connectivity index (χ3n) is 6.19. The van der Waals surface area contributed by atoms with Crippen LogP contribution in [-0.2, 0) is 20.9 Å². The summed E-state index contributed by atoms with van der Waals surface area (Å²) in [5.74, 6) is -0.198. The summed E-state index contributed by atoms with van der Waals surface area (Å²) in [6.45, 7) is 9.31. The number of ether oxygens (including phenoxy) is 1. The van der Waals surface area contributed by atoms with Crippen molar-refractivity contribution in [2.24, 2.45) is 5.41 Å². The van der Waals surface area contributed by atoms with Gasteiger partial charge in [0.15, 0.2) is 0 Å². The van der Waals surface area contributed by atoms with Crippen LogP contribution in [0.4, 0.5) is 0 Å². The smallest absolute Gasteiger partial charge is 0.246 e. The number of β-amino-alcohol motifs (C(OH)–C–C–N with tert-alkyl or cyclic N) is 1. The highest BCUT2D eigenvalue weighted by atomic mass is 35.5. The van der Waals surface area contributed by atoms with Crippen molar-refractivity contribution in [3.05, 3.63) is 35.0 Å². The minimum absolute atomic E-state index is 0.0239. The van der Waals surface area contributed by atoms with E-state index in [4.69, 9.17) is 16.3 Å². The molecule has 1 fully saturated rings. The molecule has 1 aromatic carbocycles. The summed E-state index contributed by atoms with van der Waals surface area (Å²) in [5, 5.41) is 15.9. The van der Waals surface area contributed by atoms with Gasteiger partial charge in [-0.15, -0.1) is 22.9 Å². The largest absolute Gasteiger partial charge is 0.492 e. The number of carbonyl (C=O) groups excluding carboxylic acids is 3. The average molecular weight is 551 g/mol. The number of alkyl halides is 1. The zero-order valence-electron chi connectivity index (χ0n) is 21.8. The fourth-order valence-corrected chi connectivity index (χ4v) is 5.21. The number of nitrogens with one attached hydrogen (secondary N) is 2. The normalized spacial score (nSPS) is 18.4. The molecule has 0 aliphatic carbocycles. The molecule has 1 aromatic heterocycles. The number of aliphatic hydroxyl groups excluding tert-OH is 1. The van der Waals surface area contributed by atoms with E-state index in [0.29, 0.717) is 18.2 Å². The van der Waals surface area contributed by atoms with E-state index >= 15 is 0 Å². The number of carbonyl (C=O) groups is 3. The molecule has 0 unspecified atom stereocenters. The average Bonchev–Trinajstić information content (AvgIpc) is 3.44. The lowest BCUT2D eigenvalue weighted by atomic mass is 9.85. The maximum atomic E-state index is 13.4. The Morgan fingerprint density at radius 1 is 1.32 bits per heavy atom.